The molecular formula is C24H23N6O4+. The highest BCUT2D eigenvalue weighted by atomic mass is 16.5. The Balaban J connectivity index is 1.22. The van der Waals surface area contributed by atoms with Gasteiger partial charge >= 0.3 is 0 Å². The number of terminal acetylenes is 1. The van der Waals surface area contributed by atoms with Crippen molar-refractivity contribution >= 4 is 17.7 Å². The van der Waals surface area contributed by atoms with Gasteiger partial charge in [-0.05, 0) is 18.6 Å². The molecule has 3 amide bonds. The van der Waals surface area contributed by atoms with Crippen molar-refractivity contribution in [1.29, 1.82) is 0 Å². The fraction of sp³-hybridized carbons (Fsp3) is 0.292. The van der Waals surface area contributed by atoms with E-state index in [0.29, 0.717) is 30.8 Å². The summed E-state index contributed by atoms with van der Waals surface area (Å²) < 4.78 is 9.88. The standard InChI is InChI=1S/C24H22N6O4/c1-2-16-10-26-29(11-16)9-8-28-12-17(25-15-28)14-34-21-5-3-4-18-19(21)13-30(24(18)33)20-6-7-22(31)27-23(20)32/h1,3-5,10-12,15,20H,6-9,13-14H2,(H,27,31,32)/p+1. The van der Waals surface area contributed by atoms with E-state index in [2.05, 4.69) is 21.3 Å². The Kier molecular flexibility index (Phi) is 5.59. The maximum atomic E-state index is 12.9. The number of H-pyrrole nitrogens is 1. The third kappa shape index (κ3) is 4.15. The first-order valence-corrected chi connectivity index (χ1v) is 11.0. The summed E-state index contributed by atoms with van der Waals surface area (Å²) in [6.07, 6.45) is 13.2. The molecule has 2 aliphatic heterocycles. The van der Waals surface area contributed by atoms with E-state index in [1.165, 1.54) is 4.90 Å². The number of aryl methyl sites for hydroxylation is 2. The minimum Gasteiger partial charge on any atom is -0.487 e. The molecule has 172 valence electrons. The normalized spacial score (nSPS) is 17.4. The molecule has 1 saturated heterocycles. The van der Waals surface area contributed by atoms with Crippen molar-refractivity contribution < 1.29 is 23.8 Å². The van der Waals surface area contributed by atoms with Gasteiger partial charge in [0.2, 0.25) is 18.0 Å². The average Bonchev–Trinajstić information content (AvgIpc) is 3.56. The lowest BCUT2D eigenvalue weighted by Crippen LogP contribution is -2.52. The van der Waals surface area contributed by atoms with Gasteiger partial charge in [-0.25, -0.2) is 4.98 Å². The van der Waals surface area contributed by atoms with Crippen LogP contribution in [0, 0.1) is 12.3 Å². The summed E-state index contributed by atoms with van der Waals surface area (Å²) in [5.74, 6) is 2.20. The summed E-state index contributed by atoms with van der Waals surface area (Å²) in [7, 11) is 0. The van der Waals surface area contributed by atoms with Crippen LogP contribution in [-0.2, 0) is 35.8 Å². The molecule has 0 radical (unpaired) electrons. The number of benzene rings is 1. The van der Waals surface area contributed by atoms with Gasteiger partial charge in [-0.15, -0.1) is 11.1 Å². The minimum atomic E-state index is -0.657. The zero-order chi connectivity index (χ0) is 23.7. The number of nitrogens with zero attached hydrogens (tertiary/aromatic N) is 4. The molecular weight excluding hydrogens is 436 g/mol. The molecule has 0 spiro atoms. The quantitative estimate of drug-likeness (QED) is 0.304. The largest absolute Gasteiger partial charge is 0.487 e. The van der Waals surface area contributed by atoms with Crippen molar-refractivity contribution in [2.45, 2.75) is 45.1 Å². The lowest BCUT2D eigenvalue weighted by atomic mass is 10.0. The second-order valence-corrected chi connectivity index (χ2v) is 8.27. The Morgan fingerprint density at radius 3 is 2.97 bits per heavy atom. The molecule has 0 saturated carbocycles. The Morgan fingerprint density at radius 2 is 2.18 bits per heavy atom. The summed E-state index contributed by atoms with van der Waals surface area (Å²) in [5.41, 5.74) is 2.81. The summed E-state index contributed by atoms with van der Waals surface area (Å²) in [4.78, 5) is 42.6. The van der Waals surface area contributed by atoms with E-state index in [-0.39, 0.29) is 31.4 Å². The van der Waals surface area contributed by atoms with Crippen molar-refractivity contribution in [2.24, 2.45) is 0 Å². The van der Waals surface area contributed by atoms with Crippen LogP contribution in [0.15, 0.2) is 43.1 Å². The van der Waals surface area contributed by atoms with Crippen LogP contribution in [0.2, 0.25) is 0 Å². The summed E-state index contributed by atoms with van der Waals surface area (Å²) in [5, 5.41) is 5.40. The van der Waals surface area contributed by atoms with Crippen LogP contribution >= 0.6 is 0 Å². The number of rotatable bonds is 7. The highest BCUT2D eigenvalue weighted by molar-refractivity contribution is 6.05. The number of ether oxygens (including phenoxy) is 1. The number of piperidine rings is 1. The molecule has 3 aromatic rings. The summed E-state index contributed by atoms with van der Waals surface area (Å²) in [6, 6.07) is 4.64. The van der Waals surface area contributed by atoms with Gasteiger partial charge in [-0.2, -0.15) is 5.10 Å². The number of carbonyl (C=O) groups excluding carboxylic acids is 3. The molecule has 34 heavy (non-hydrogen) atoms. The first-order chi connectivity index (χ1) is 16.5. The number of fused-ring (bicyclic) bond motifs is 1. The van der Waals surface area contributed by atoms with Crippen molar-refractivity contribution in [1.82, 2.24) is 24.9 Å². The maximum absolute atomic E-state index is 12.9. The molecule has 0 bridgehead atoms. The molecule has 1 fully saturated rings. The molecule has 2 aliphatic rings. The van der Waals surface area contributed by atoms with E-state index in [9.17, 15) is 14.4 Å². The van der Waals surface area contributed by atoms with Crippen molar-refractivity contribution in [3.8, 4) is 18.1 Å². The highest BCUT2D eigenvalue weighted by Gasteiger charge is 2.40. The molecule has 10 nitrogen and oxygen atoms in total. The van der Waals surface area contributed by atoms with Crippen LogP contribution in [0.4, 0.5) is 0 Å². The predicted molar refractivity (Wildman–Crippen MR) is 118 cm³/mol. The molecule has 0 aliphatic carbocycles. The van der Waals surface area contributed by atoms with Gasteiger partial charge in [0, 0.05) is 23.7 Å². The van der Waals surface area contributed by atoms with Crippen LogP contribution in [0.1, 0.15) is 40.0 Å². The topological polar surface area (TPSA) is 113 Å². The molecule has 1 unspecified atom stereocenters. The van der Waals surface area contributed by atoms with Gasteiger partial charge in [0.25, 0.3) is 5.91 Å². The van der Waals surface area contributed by atoms with Gasteiger partial charge < -0.3 is 14.2 Å². The van der Waals surface area contributed by atoms with Gasteiger partial charge in [-0.1, -0.05) is 12.0 Å². The number of hydrogen-bond acceptors (Lipinski definition) is 5. The lowest BCUT2D eigenvalue weighted by Gasteiger charge is -2.29. The van der Waals surface area contributed by atoms with Crippen molar-refractivity contribution in [2.75, 3.05) is 0 Å². The highest BCUT2D eigenvalue weighted by Crippen LogP contribution is 2.33. The number of aromatic nitrogens is 4. The van der Waals surface area contributed by atoms with Gasteiger partial charge in [0.1, 0.15) is 24.0 Å². The first-order valence-electron chi connectivity index (χ1n) is 11.0. The Hall–Kier alpha value is -4.39. The van der Waals surface area contributed by atoms with Crippen LogP contribution in [0.5, 0.6) is 5.75 Å². The summed E-state index contributed by atoms with van der Waals surface area (Å²) in [6.45, 7) is 1.92. The van der Waals surface area contributed by atoms with E-state index in [1.54, 1.807) is 24.7 Å². The number of hydrogen-bond donors (Lipinski definition) is 2. The fourth-order valence-electron chi connectivity index (χ4n) is 4.27. The average molecular weight is 459 g/mol. The molecule has 4 heterocycles. The van der Waals surface area contributed by atoms with E-state index >= 15 is 0 Å². The van der Waals surface area contributed by atoms with Crippen LogP contribution in [0.25, 0.3) is 0 Å². The van der Waals surface area contributed by atoms with E-state index in [0.717, 1.165) is 16.8 Å². The zero-order valence-electron chi connectivity index (χ0n) is 18.4. The second kappa shape index (κ2) is 8.86. The van der Waals surface area contributed by atoms with Gasteiger partial charge in [-0.3, -0.25) is 19.7 Å². The van der Waals surface area contributed by atoms with Crippen LogP contribution in [0.3, 0.4) is 0 Å². The molecule has 1 atom stereocenters. The van der Waals surface area contributed by atoms with Crippen molar-refractivity contribution in [3.05, 3.63) is 65.5 Å². The number of carbonyl (C=O) groups is 3. The Bertz CT molecular complexity index is 1320. The van der Waals surface area contributed by atoms with Gasteiger partial charge in [0.05, 0.1) is 31.3 Å². The Morgan fingerprint density at radius 1 is 1.29 bits per heavy atom. The monoisotopic (exact) mass is 459 g/mol. The molecule has 5 rings (SSSR count). The van der Waals surface area contributed by atoms with Gasteiger partial charge in [0.15, 0.2) is 6.54 Å². The Labute approximate surface area is 195 Å². The predicted octanol–water partition coefficient (Wildman–Crippen LogP) is 0.520. The number of amides is 3. The van der Waals surface area contributed by atoms with E-state index in [4.69, 9.17) is 11.2 Å². The van der Waals surface area contributed by atoms with E-state index in [1.807, 2.05) is 27.7 Å². The minimum absolute atomic E-state index is 0.218. The second-order valence-electron chi connectivity index (χ2n) is 8.27. The number of aromatic amines is 1. The molecule has 2 N–H and O–H groups in total. The SMILES string of the molecule is C#Cc1c[nH][n+](CCn2cnc(COc3cccc4c3CN(C3CCC(=O)NC3=O)C4=O)c2)c1. The van der Waals surface area contributed by atoms with Crippen LogP contribution < -0.4 is 14.7 Å². The smallest absolute Gasteiger partial charge is 0.255 e. The fourth-order valence-corrected chi connectivity index (χ4v) is 4.27. The number of imide groups is 1. The first kappa shape index (κ1) is 21.5. The number of imidazole rings is 1. The molecule has 10 heteroatoms. The third-order valence-electron chi connectivity index (χ3n) is 6.05. The van der Waals surface area contributed by atoms with Crippen LogP contribution in [-0.4, -0.2) is 43.3 Å². The molecule has 1 aromatic carbocycles. The third-order valence-corrected chi connectivity index (χ3v) is 6.05. The van der Waals surface area contributed by atoms with Crippen molar-refractivity contribution in [3.63, 3.8) is 0 Å². The lowest BCUT2D eigenvalue weighted by molar-refractivity contribution is -0.751. The summed E-state index contributed by atoms with van der Waals surface area (Å²) >= 11 is 0. The number of nitrogens with one attached hydrogen (secondary N) is 2. The van der Waals surface area contributed by atoms with E-state index < -0.39 is 11.9 Å². The zero-order valence-corrected chi connectivity index (χ0v) is 18.4. The molecule has 2 aromatic heterocycles. The maximum Gasteiger partial charge on any atom is 0.255 e.